The van der Waals surface area contributed by atoms with Gasteiger partial charge in [0, 0.05) is 16.7 Å². The molecule has 0 fully saturated rings. The predicted octanol–water partition coefficient (Wildman–Crippen LogP) is 4.50. The third-order valence-corrected chi connectivity index (χ3v) is 3.90. The SMILES string of the molecule is COc1cccc(-c2cc(C#N)c(NC(=O)COc3ccc(Cl)cc3)o2)c1. The molecule has 0 spiro atoms. The molecule has 0 saturated heterocycles. The lowest BCUT2D eigenvalue weighted by Gasteiger charge is -2.06. The largest absolute Gasteiger partial charge is 0.497 e. The van der Waals surface area contributed by atoms with Gasteiger partial charge in [-0.3, -0.25) is 10.1 Å². The van der Waals surface area contributed by atoms with Crippen LogP contribution in [-0.4, -0.2) is 19.6 Å². The third-order valence-electron chi connectivity index (χ3n) is 3.64. The number of hydrogen-bond acceptors (Lipinski definition) is 5. The van der Waals surface area contributed by atoms with E-state index in [2.05, 4.69) is 5.32 Å². The quantitative estimate of drug-likeness (QED) is 0.678. The van der Waals surface area contributed by atoms with Gasteiger partial charge in [0.2, 0.25) is 5.88 Å². The van der Waals surface area contributed by atoms with Crippen molar-refractivity contribution in [3.63, 3.8) is 0 Å². The maximum Gasteiger partial charge on any atom is 0.264 e. The molecular formula is C20H15ClN2O4. The van der Waals surface area contributed by atoms with Gasteiger partial charge in [-0.15, -0.1) is 0 Å². The maximum absolute atomic E-state index is 12.1. The Hall–Kier alpha value is -3.43. The Bertz CT molecular complexity index is 990. The standard InChI is InChI=1S/C20H15ClN2O4/c1-25-17-4-2-3-13(9-17)18-10-14(11-22)20(27-18)23-19(24)12-26-16-7-5-15(21)6-8-16/h2-10H,12H2,1H3,(H,23,24). The number of furan rings is 1. The Morgan fingerprint density at radius 1 is 1.19 bits per heavy atom. The van der Waals surface area contributed by atoms with Gasteiger partial charge < -0.3 is 13.9 Å². The van der Waals surface area contributed by atoms with Crippen molar-refractivity contribution in [2.24, 2.45) is 0 Å². The highest BCUT2D eigenvalue weighted by Crippen LogP contribution is 2.30. The molecule has 1 heterocycles. The van der Waals surface area contributed by atoms with E-state index in [-0.39, 0.29) is 18.1 Å². The predicted molar refractivity (Wildman–Crippen MR) is 101 cm³/mol. The lowest BCUT2D eigenvalue weighted by atomic mass is 10.1. The number of nitrogens with zero attached hydrogens (tertiary/aromatic N) is 1. The molecule has 0 aliphatic heterocycles. The molecule has 0 atom stereocenters. The summed E-state index contributed by atoms with van der Waals surface area (Å²) >= 11 is 5.80. The van der Waals surface area contributed by atoms with E-state index in [0.717, 1.165) is 5.56 Å². The first kappa shape index (κ1) is 18.4. The summed E-state index contributed by atoms with van der Waals surface area (Å²) in [6.07, 6.45) is 0. The molecule has 3 rings (SSSR count). The lowest BCUT2D eigenvalue weighted by Crippen LogP contribution is -2.20. The highest BCUT2D eigenvalue weighted by molar-refractivity contribution is 6.30. The first-order chi connectivity index (χ1) is 13.1. The second-order valence-corrected chi connectivity index (χ2v) is 5.92. The van der Waals surface area contributed by atoms with Crippen molar-refractivity contribution in [3.05, 3.63) is 65.2 Å². The van der Waals surface area contributed by atoms with Crippen molar-refractivity contribution in [2.75, 3.05) is 19.0 Å². The summed E-state index contributed by atoms with van der Waals surface area (Å²) in [6.45, 7) is -0.234. The van der Waals surface area contributed by atoms with Crippen LogP contribution in [0.3, 0.4) is 0 Å². The number of rotatable bonds is 6. The molecule has 3 aromatic rings. The van der Waals surface area contributed by atoms with Gasteiger partial charge in [0.25, 0.3) is 5.91 Å². The lowest BCUT2D eigenvalue weighted by molar-refractivity contribution is -0.118. The third kappa shape index (κ3) is 4.60. The number of halogens is 1. The maximum atomic E-state index is 12.1. The van der Waals surface area contributed by atoms with Crippen LogP contribution in [0.1, 0.15) is 5.56 Å². The molecule has 0 saturated carbocycles. The molecule has 1 N–H and O–H groups in total. The second kappa shape index (κ2) is 8.30. The highest BCUT2D eigenvalue weighted by Gasteiger charge is 2.15. The molecule has 0 radical (unpaired) electrons. The number of benzene rings is 2. The van der Waals surface area contributed by atoms with Gasteiger partial charge in [0.15, 0.2) is 6.61 Å². The van der Waals surface area contributed by atoms with E-state index < -0.39 is 5.91 Å². The molecule has 7 heteroatoms. The Morgan fingerprint density at radius 3 is 2.67 bits per heavy atom. The first-order valence-corrected chi connectivity index (χ1v) is 8.33. The van der Waals surface area contributed by atoms with Gasteiger partial charge in [-0.25, -0.2) is 0 Å². The molecule has 0 unspecified atom stereocenters. The highest BCUT2D eigenvalue weighted by atomic mass is 35.5. The van der Waals surface area contributed by atoms with Crippen molar-refractivity contribution in [1.82, 2.24) is 0 Å². The van der Waals surface area contributed by atoms with Crippen molar-refractivity contribution >= 4 is 23.4 Å². The average molecular weight is 383 g/mol. The Balaban J connectivity index is 1.70. The average Bonchev–Trinajstić information content (AvgIpc) is 3.10. The smallest absolute Gasteiger partial charge is 0.264 e. The molecule has 1 amide bonds. The summed E-state index contributed by atoms with van der Waals surface area (Å²) in [4.78, 5) is 12.1. The zero-order chi connectivity index (χ0) is 19.2. The van der Waals surface area contributed by atoms with E-state index in [0.29, 0.717) is 22.3 Å². The van der Waals surface area contributed by atoms with Crippen LogP contribution < -0.4 is 14.8 Å². The van der Waals surface area contributed by atoms with Crippen LogP contribution >= 0.6 is 11.6 Å². The molecule has 27 heavy (non-hydrogen) atoms. The van der Waals surface area contributed by atoms with Crippen LogP contribution in [0.15, 0.2) is 59.0 Å². The Kier molecular flexibility index (Phi) is 5.64. The second-order valence-electron chi connectivity index (χ2n) is 5.49. The van der Waals surface area contributed by atoms with E-state index in [1.54, 1.807) is 55.6 Å². The van der Waals surface area contributed by atoms with E-state index in [9.17, 15) is 10.1 Å². The zero-order valence-corrected chi connectivity index (χ0v) is 15.1. The molecular weight excluding hydrogens is 368 g/mol. The summed E-state index contributed by atoms with van der Waals surface area (Å²) in [5.74, 6) is 1.23. The monoisotopic (exact) mass is 382 g/mol. The summed E-state index contributed by atoms with van der Waals surface area (Å²) < 4.78 is 16.2. The Labute approximate surface area is 160 Å². The number of nitrogens with one attached hydrogen (secondary N) is 1. The zero-order valence-electron chi connectivity index (χ0n) is 14.4. The molecule has 0 bridgehead atoms. The number of anilines is 1. The molecule has 6 nitrogen and oxygen atoms in total. The summed E-state index contributed by atoms with van der Waals surface area (Å²) in [7, 11) is 1.56. The van der Waals surface area contributed by atoms with Gasteiger partial charge in [0.05, 0.1) is 7.11 Å². The Morgan fingerprint density at radius 2 is 1.96 bits per heavy atom. The fraction of sp³-hybridized carbons (Fsp3) is 0.100. The van der Waals surface area contributed by atoms with E-state index in [1.165, 1.54) is 0 Å². The van der Waals surface area contributed by atoms with Crippen LogP contribution in [0.25, 0.3) is 11.3 Å². The summed E-state index contributed by atoms with van der Waals surface area (Å²) in [6, 6.07) is 17.4. The van der Waals surface area contributed by atoms with Crippen LogP contribution in [0.2, 0.25) is 5.02 Å². The van der Waals surface area contributed by atoms with E-state index in [4.69, 9.17) is 25.5 Å². The first-order valence-electron chi connectivity index (χ1n) is 7.95. The van der Waals surface area contributed by atoms with Gasteiger partial charge in [0.1, 0.15) is 28.9 Å². The van der Waals surface area contributed by atoms with Gasteiger partial charge in [-0.2, -0.15) is 5.26 Å². The van der Waals surface area contributed by atoms with Crippen LogP contribution in [0, 0.1) is 11.3 Å². The van der Waals surface area contributed by atoms with Crippen molar-refractivity contribution in [2.45, 2.75) is 0 Å². The number of hydrogen-bond donors (Lipinski definition) is 1. The number of methoxy groups -OCH3 is 1. The molecule has 1 aromatic heterocycles. The van der Waals surface area contributed by atoms with E-state index in [1.807, 2.05) is 12.1 Å². The van der Waals surface area contributed by atoms with Crippen molar-refractivity contribution in [3.8, 4) is 28.9 Å². The topological polar surface area (TPSA) is 84.5 Å². The minimum absolute atomic E-state index is 0.0695. The fourth-order valence-corrected chi connectivity index (χ4v) is 2.45. The van der Waals surface area contributed by atoms with Crippen molar-refractivity contribution < 1.29 is 18.7 Å². The van der Waals surface area contributed by atoms with E-state index >= 15 is 0 Å². The van der Waals surface area contributed by atoms with Crippen LogP contribution in [-0.2, 0) is 4.79 Å². The van der Waals surface area contributed by atoms with Gasteiger partial charge in [-0.1, -0.05) is 23.7 Å². The van der Waals surface area contributed by atoms with Crippen LogP contribution in [0.4, 0.5) is 5.88 Å². The fourth-order valence-electron chi connectivity index (χ4n) is 2.33. The van der Waals surface area contributed by atoms with Crippen LogP contribution in [0.5, 0.6) is 11.5 Å². The number of nitriles is 1. The van der Waals surface area contributed by atoms with Gasteiger partial charge >= 0.3 is 0 Å². The summed E-state index contributed by atoms with van der Waals surface area (Å²) in [5.41, 5.74) is 0.941. The number of carbonyl (C=O) groups excluding carboxylic acids is 1. The molecule has 0 aliphatic carbocycles. The molecule has 2 aromatic carbocycles. The molecule has 0 aliphatic rings. The minimum Gasteiger partial charge on any atom is -0.497 e. The number of ether oxygens (including phenoxy) is 2. The van der Waals surface area contributed by atoms with Gasteiger partial charge in [-0.05, 0) is 36.4 Å². The molecule has 136 valence electrons. The summed E-state index contributed by atoms with van der Waals surface area (Å²) in [5, 5.41) is 12.4. The number of carbonyl (C=O) groups is 1. The normalized spacial score (nSPS) is 10.1. The van der Waals surface area contributed by atoms with Crippen molar-refractivity contribution in [1.29, 1.82) is 5.26 Å². The minimum atomic E-state index is -0.451. The number of amides is 1.